The van der Waals surface area contributed by atoms with Crippen LogP contribution < -0.4 is 9.47 Å². The van der Waals surface area contributed by atoms with Crippen molar-refractivity contribution in [3.05, 3.63) is 21.7 Å². The van der Waals surface area contributed by atoms with Crippen LogP contribution in [0.4, 0.5) is 0 Å². The fraction of sp³-hybridized carbons (Fsp3) is 0.500. The maximum absolute atomic E-state index is 9.46. The summed E-state index contributed by atoms with van der Waals surface area (Å²) < 4.78 is 11.4. The van der Waals surface area contributed by atoms with Gasteiger partial charge in [0, 0.05) is 29.5 Å². The quantitative estimate of drug-likeness (QED) is 0.781. The van der Waals surface area contributed by atoms with Crippen molar-refractivity contribution in [3.63, 3.8) is 0 Å². The minimum atomic E-state index is -0.337. The molecule has 0 unspecified atom stereocenters. The zero-order chi connectivity index (χ0) is 12.3. The molecule has 0 N–H and O–H groups in total. The van der Waals surface area contributed by atoms with E-state index in [0.29, 0.717) is 18.2 Å². The number of hydrogen-bond donors (Lipinski definition) is 0. The van der Waals surface area contributed by atoms with E-state index in [4.69, 9.17) is 21.1 Å². The highest BCUT2D eigenvalue weighted by Crippen LogP contribution is 2.58. The smallest absolute Gasteiger partial charge is 0.142 e. The van der Waals surface area contributed by atoms with Crippen molar-refractivity contribution in [3.8, 4) is 17.6 Å². The molecule has 0 spiro atoms. The first-order chi connectivity index (χ1) is 8.77. The Balaban J connectivity index is 2.06. The minimum absolute atomic E-state index is 0.337. The number of nitrogens with zero attached hydrogens (tertiary/aromatic N) is 1. The number of ether oxygens (including phenoxy) is 2. The average molecular weight is 262 g/mol. The second-order valence-electron chi connectivity index (χ2n) is 5.20. The topological polar surface area (TPSA) is 42.2 Å². The summed E-state index contributed by atoms with van der Waals surface area (Å²) in [6.45, 7) is 1.32. The van der Waals surface area contributed by atoms with Crippen molar-refractivity contribution in [2.24, 2.45) is 0 Å². The van der Waals surface area contributed by atoms with Gasteiger partial charge in [0.1, 0.15) is 11.5 Å². The van der Waals surface area contributed by atoms with Gasteiger partial charge < -0.3 is 9.47 Å². The maximum Gasteiger partial charge on any atom is 0.142 e. The van der Waals surface area contributed by atoms with Gasteiger partial charge in [0.2, 0.25) is 0 Å². The van der Waals surface area contributed by atoms with Gasteiger partial charge >= 0.3 is 0 Å². The van der Waals surface area contributed by atoms with Crippen molar-refractivity contribution in [1.29, 1.82) is 5.26 Å². The highest BCUT2D eigenvalue weighted by Gasteiger charge is 2.51. The van der Waals surface area contributed by atoms with Crippen molar-refractivity contribution in [1.82, 2.24) is 0 Å². The molecule has 1 aromatic rings. The Morgan fingerprint density at radius 3 is 2.39 bits per heavy atom. The molecule has 0 radical (unpaired) electrons. The van der Waals surface area contributed by atoms with Crippen LogP contribution in [0, 0.1) is 11.3 Å². The average Bonchev–Trinajstić information content (AvgIpc) is 2.80. The third-order valence-electron chi connectivity index (χ3n) is 4.18. The molecule has 3 aliphatic rings. The summed E-state index contributed by atoms with van der Waals surface area (Å²) in [5.74, 6) is 1.68. The second kappa shape index (κ2) is 3.33. The lowest BCUT2D eigenvalue weighted by molar-refractivity contribution is 0.351. The summed E-state index contributed by atoms with van der Waals surface area (Å²) in [6.07, 6.45) is 3.50. The Morgan fingerprint density at radius 2 is 1.72 bits per heavy atom. The number of benzene rings is 1. The molecule has 3 nitrogen and oxygen atoms in total. The van der Waals surface area contributed by atoms with Crippen LogP contribution in [0.2, 0.25) is 5.02 Å². The molecule has 1 aromatic carbocycles. The zero-order valence-electron chi connectivity index (χ0n) is 9.88. The van der Waals surface area contributed by atoms with Gasteiger partial charge in [-0.3, -0.25) is 0 Å². The molecule has 0 aromatic heterocycles. The first-order valence-electron chi connectivity index (χ1n) is 6.31. The zero-order valence-corrected chi connectivity index (χ0v) is 10.6. The van der Waals surface area contributed by atoms with Crippen molar-refractivity contribution >= 4 is 11.6 Å². The Morgan fingerprint density at radius 1 is 1.06 bits per heavy atom. The molecule has 2 heterocycles. The van der Waals surface area contributed by atoms with E-state index >= 15 is 0 Å². The van der Waals surface area contributed by atoms with Crippen LogP contribution in [0.1, 0.15) is 29.5 Å². The van der Waals surface area contributed by atoms with E-state index in [1.807, 2.05) is 0 Å². The number of nitriles is 1. The van der Waals surface area contributed by atoms with E-state index < -0.39 is 0 Å². The third kappa shape index (κ3) is 1.14. The normalized spacial score (nSPS) is 21.6. The SMILES string of the molecule is N#CC1(c2c3c(c(Cl)c4c2OCC4)OCC3)CC1. The lowest BCUT2D eigenvalue weighted by Gasteiger charge is -2.17. The van der Waals surface area contributed by atoms with Gasteiger partial charge in [-0.1, -0.05) is 11.6 Å². The van der Waals surface area contributed by atoms with Gasteiger partial charge in [0.25, 0.3) is 0 Å². The molecular weight excluding hydrogens is 250 g/mol. The highest BCUT2D eigenvalue weighted by atomic mass is 35.5. The molecule has 1 saturated carbocycles. The molecule has 0 saturated heterocycles. The Labute approximate surface area is 110 Å². The second-order valence-corrected chi connectivity index (χ2v) is 5.57. The van der Waals surface area contributed by atoms with Crippen LogP contribution in [-0.4, -0.2) is 13.2 Å². The molecule has 0 atom stereocenters. The van der Waals surface area contributed by atoms with E-state index in [-0.39, 0.29) is 5.41 Å². The Kier molecular flexibility index (Phi) is 1.95. The van der Waals surface area contributed by atoms with Crippen molar-refractivity contribution < 1.29 is 9.47 Å². The third-order valence-corrected chi connectivity index (χ3v) is 4.58. The monoisotopic (exact) mass is 261 g/mol. The van der Waals surface area contributed by atoms with Crippen LogP contribution in [0.3, 0.4) is 0 Å². The molecule has 4 rings (SSSR count). The predicted octanol–water partition coefficient (Wildman–Crippen LogP) is 2.76. The summed E-state index contributed by atoms with van der Waals surface area (Å²) in [6, 6.07) is 2.47. The van der Waals surface area contributed by atoms with Crippen LogP contribution in [-0.2, 0) is 18.3 Å². The minimum Gasteiger partial charge on any atom is -0.493 e. The van der Waals surface area contributed by atoms with Gasteiger partial charge in [-0.05, 0) is 12.8 Å². The lowest BCUT2D eigenvalue weighted by atomic mass is 9.88. The molecular formula is C14H12ClNO2. The summed E-state index contributed by atoms with van der Waals surface area (Å²) in [5.41, 5.74) is 2.89. The number of hydrogen-bond acceptors (Lipinski definition) is 3. The highest BCUT2D eigenvalue weighted by molar-refractivity contribution is 6.33. The van der Waals surface area contributed by atoms with Gasteiger partial charge in [0.15, 0.2) is 0 Å². The van der Waals surface area contributed by atoms with Gasteiger partial charge in [-0.25, -0.2) is 0 Å². The van der Waals surface area contributed by atoms with Crippen LogP contribution in [0.25, 0.3) is 0 Å². The summed E-state index contributed by atoms with van der Waals surface area (Å²) in [5, 5.41) is 10.2. The van der Waals surface area contributed by atoms with E-state index in [0.717, 1.165) is 53.9 Å². The fourth-order valence-corrected chi connectivity index (χ4v) is 3.45. The number of halogens is 1. The molecule has 0 bridgehead atoms. The number of rotatable bonds is 1. The summed E-state index contributed by atoms with van der Waals surface area (Å²) in [7, 11) is 0. The van der Waals surface area contributed by atoms with E-state index in [9.17, 15) is 5.26 Å². The van der Waals surface area contributed by atoms with Gasteiger partial charge in [0.05, 0.1) is 29.7 Å². The predicted molar refractivity (Wildman–Crippen MR) is 66.4 cm³/mol. The van der Waals surface area contributed by atoms with E-state index in [1.165, 1.54) is 0 Å². The van der Waals surface area contributed by atoms with Gasteiger partial charge in [-0.15, -0.1) is 0 Å². The molecule has 2 aliphatic heterocycles. The molecule has 18 heavy (non-hydrogen) atoms. The van der Waals surface area contributed by atoms with Crippen molar-refractivity contribution in [2.75, 3.05) is 13.2 Å². The molecule has 4 heteroatoms. The Hall–Kier alpha value is -1.40. The standard InChI is InChI=1S/C14H12ClNO2/c15-11-9-2-6-17-12(9)10(14(7-16)3-4-14)8-1-5-18-13(8)11/h1-6H2. The fourth-order valence-electron chi connectivity index (χ4n) is 3.10. The Bertz CT molecular complexity index is 564. The molecule has 1 fully saturated rings. The molecule has 92 valence electrons. The lowest BCUT2D eigenvalue weighted by Crippen LogP contribution is -2.09. The summed E-state index contributed by atoms with van der Waals surface area (Å²) in [4.78, 5) is 0. The van der Waals surface area contributed by atoms with Gasteiger partial charge in [-0.2, -0.15) is 5.26 Å². The maximum atomic E-state index is 9.46. The van der Waals surface area contributed by atoms with E-state index in [1.54, 1.807) is 0 Å². The van der Waals surface area contributed by atoms with Crippen LogP contribution in [0.15, 0.2) is 0 Å². The van der Waals surface area contributed by atoms with Crippen LogP contribution in [0.5, 0.6) is 11.5 Å². The van der Waals surface area contributed by atoms with Crippen molar-refractivity contribution in [2.45, 2.75) is 31.1 Å². The first-order valence-corrected chi connectivity index (χ1v) is 6.69. The molecule has 1 aliphatic carbocycles. The molecule has 0 amide bonds. The number of fused-ring (bicyclic) bond motifs is 2. The first kappa shape index (κ1) is 10.5. The van der Waals surface area contributed by atoms with Crippen LogP contribution >= 0.6 is 11.6 Å². The largest absolute Gasteiger partial charge is 0.493 e. The van der Waals surface area contributed by atoms with E-state index in [2.05, 4.69) is 6.07 Å². The summed E-state index contributed by atoms with van der Waals surface area (Å²) >= 11 is 6.40.